The van der Waals surface area contributed by atoms with Crippen molar-refractivity contribution in [2.45, 2.75) is 48.5 Å². The molecule has 164 valence electrons. The van der Waals surface area contributed by atoms with Crippen molar-refractivity contribution in [1.29, 1.82) is 0 Å². The number of nitrogens with one attached hydrogen (secondary N) is 1. The Morgan fingerprint density at radius 3 is 2.55 bits per heavy atom. The molecule has 1 unspecified atom stereocenters. The van der Waals surface area contributed by atoms with Crippen LogP contribution in [-0.2, 0) is 14.8 Å². The van der Waals surface area contributed by atoms with Crippen LogP contribution < -0.4 is 5.32 Å². The number of carbonyl (C=O) groups excluding carboxylic acids is 1. The standard InChI is InChI=1S/C22H25N3O4S2/c1-15-6-8-17(9-7-15)23-21(26)16(2)30-22-24-19-14-18(10-11-20(19)29-22)31(27,28)25-12-4-3-5-13-25/h6-11,14,16H,3-5,12-13H2,1-2H3,(H,23,26). The van der Waals surface area contributed by atoms with Gasteiger partial charge < -0.3 is 9.73 Å². The lowest BCUT2D eigenvalue weighted by atomic mass is 10.2. The van der Waals surface area contributed by atoms with Crippen LogP contribution in [0.1, 0.15) is 31.7 Å². The van der Waals surface area contributed by atoms with Crippen molar-refractivity contribution in [1.82, 2.24) is 9.29 Å². The maximum Gasteiger partial charge on any atom is 0.257 e. The Morgan fingerprint density at radius 2 is 1.84 bits per heavy atom. The predicted molar refractivity (Wildman–Crippen MR) is 122 cm³/mol. The molecular weight excluding hydrogens is 434 g/mol. The van der Waals surface area contributed by atoms with Crippen LogP contribution in [0.25, 0.3) is 11.1 Å². The predicted octanol–water partition coefficient (Wildman–Crippen LogP) is 4.43. The van der Waals surface area contributed by atoms with Gasteiger partial charge in [-0.05, 0) is 57.0 Å². The van der Waals surface area contributed by atoms with Crippen molar-refractivity contribution in [3.63, 3.8) is 0 Å². The summed E-state index contributed by atoms with van der Waals surface area (Å²) in [6.45, 7) is 4.86. The number of piperidine rings is 1. The van der Waals surface area contributed by atoms with E-state index in [2.05, 4.69) is 10.3 Å². The molecule has 3 aromatic rings. The van der Waals surface area contributed by atoms with Crippen LogP contribution in [0.3, 0.4) is 0 Å². The molecule has 0 aliphatic carbocycles. The van der Waals surface area contributed by atoms with E-state index in [0.717, 1.165) is 30.5 Å². The first-order valence-corrected chi connectivity index (χ1v) is 12.6. The summed E-state index contributed by atoms with van der Waals surface area (Å²) in [5.74, 6) is -0.163. The summed E-state index contributed by atoms with van der Waals surface area (Å²) in [6.07, 6.45) is 2.83. The summed E-state index contributed by atoms with van der Waals surface area (Å²) >= 11 is 1.19. The van der Waals surface area contributed by atoms with Crippen LogP contribution in [0.15, 0.2) is 57.0 Å². The number of hydrogen-bond donors (Lipinski definition) is 1. The Balaban J connectivity index is 1.47. The van der Waals surface area contributed by atoms with E-state index in [-0.39, 0.29) is 10.8 Å². The van der Waals surface area contributed by atoms with Crippen molar-refractivity contribution >= 4 is 44.5 Å². The number of carbonyl (C=O) groups is 1. The highest BCUT2D eigenvalue weighted by molar-refractivity contribution is 8.00. The molecule has 7 nitrogen and oxygen atoms in total. The average Bonchev–Trinajstić information content (AvgIpc) is 3.17. The summed E-state index contributed by atoms with van der Waals surface area (Å²) in [4.78, 5) is 17.1. The number of hydrogen-bond acceptors (Lipinski definition) is 6. The Kier molecular flexibility index (Phi) is 6.36. The second-order valence-electron chi connectivity index (χ2n) is 7.69. The monoisotopic (exact) mass is 459 g/mol. The lowest BCUT2D eigenvalue weighted by Crippen LogP contribution is -2.35. The summed E-state index contributed by atoms with van der Waals surface area (Å²) in [6, 6.07) is 12.3. The minimum atomic E-state index is -3.54. The van der Waals surface area contributed by atoms with Gasteiger partial charge in [0.05, 0.1) is 10.1 Å². The molecule has 0 spiro atoms. The average molecular weight is 460 g/mol. The molecule has 1 atom stereocenters. The molecule has 0 bridgehead atoms. The summed E-state index contributed by atoms with van der Waals surface area (Å²) in [5, 5.41) is 2.76. The molecular formula is C22H25N3O4S2. The second-order valence-corrected chi connectivity index (χ2v) is 10.9. The highest BCUT2D eigenvalue weighted by Gasteiger charge is 2.27. The van der Waals surface area contributed by atoms with Crippen molar-refractivity contribution < 1.29 is 17.6 Å². The molecule has 0 saturated carbocycles. The lowest BCUT2D eigenvalue weighted by molar-refractivity contribution is -0.115. The normalized spacial score (nSPS) is 16.3. The summed E-state index contributed by atoms with van der Waals surface area (Å²) in [5.41, 5.74) is 2.81. The number of oxazole rings is 1. The van der Waals surface area contributed by atoms with Crippen molar-refractivity contribution in [3.05, 3.63) is 48.0 Å². The van der Waals surface area contributed by atoms with Gasteiger partial charge in [-0.25, -0.2) is 13.4 Å². The quantitative estimate of drug-likeness (QED) is 0.548. The minimum absolute atomic E-state index is 0.163. The molecule has 9 heteroatoms. The number of sulfonamides is 1. The Bertz CT molecular complexity index is 1180. The van der Waals surface area contributed by atoms with Gasteiger partial charge in [-0.1, -0.05) is 35.9 Å². The molecule has 1 aromatic heterocycles. The zero-order valence-corrected chi connectivity index (χ0v) is 19.1. The Morgan fingerprint density at radius 1 is 1.13 bits per heavy atom. The van der Waals surface area contributed by atoms with E-state index >= 15 is 0 Å². The summed E-state index contributed by atoms with van der Waals surface area (Å²) in [7, 11) is -3.54. The van der Waals surface area contributed by atoms with E-state index in [1.807, 2.05) is 31.2 Å². The first-order chi connectivity index (χ1) is 14.8. The Labute approximate surface area is 186 Å². The van der Waals surface area contributed by atoms with Crippen LogP contribution in [0.2, 0.25) is 0 Å². The number of fused-ring (bicyclic) bond motifs is 1. The number of aromatic nitrogens is 1. The van der Waals surface area contributed by atoms with Crippen molar-refractivity contribution in [2.24, 2.45) is 0 Å². The molecule has 1 aliphatic rings. The number of amides is 1. The van der Waals surface area contributed by atoms with Crippen LogP contribution >= 0.6 is 11.8 Å². The molecule has 4 rings (SSSR count). The van der Waals surface area contributed by atoms with Gasteiger partial charge in [-0.3, -0.25) is 4.79 Å². The van der Waals surface area contributed by atoms with Gasteiger partial charge in [0.1, 0.15) is 5.52 Å². The number of aryl methyl sites for hydroxylation is 1. The Hall–Kier alpha value is -2.36. The van der Waals surface area contributed by atoms with E-state index in [1.54, 1.807) is 25.1 Å². The van der Waals surface area contributed by atoms with Gasteiger partial charge in [0.15, 0.2) is 5.58 Å². The number of benzene rings is 2. The van der Waals surface area contributed by atoms with Gasteiger partial charge >= 0.3 is 0 Å². The third-order valence-electron chi connectivity index (χ3n) is 5.26. The topological polar surface area (TPSA) is 92.5 Å². The highest BCUT2D eigenvalue weighted by atomic mass is 32.2. The maximum atomic E-state index is 12.9. The third kappa shape index (κ3) is 4.94. The van der Waals surface area contributed by atoms with Crippen LogP contribution in [0.5, 0.6) is 0 Å². The maximum absolute atomic E-state index is 12.9. The van der Waals surface area contributed by atoms with E-state index in [9.17, 15) is 13.2 Å². The van der Waals surface area contributed by atoms with Gasteiger partial charge in [0, 0.05) is 18.8 Å². The zero-order valence-electron chi connectivity index (χ0n) is 17.5. The zero-order chi connectivity index (χ0) is 22.0. The smallest absolute Gasteiger partial charge is 0.257 e. The van der Waals surface area contributed by atoms with Gasteiger partial charge in [0.25, 0.3) is 5.22 Å². The second kappa shape index (κ2) is 9.02. The number of thioether (sulfide) groups is 1. The molecule has 2 heterocycles. The minimum Gasteiger partial charge on any atom is -0.431 e. The van der Waals surface area contributed by atoms with Gasteiger partial charge in [0.2, 0.25) is 15.9 Å². The molecule has 0 radical (unpaired) electrons. The van der Waals surface area contributed by atoms with Gasteiger partial charge in [-0.2, -0.15) is 4.31 Å². The molecule has 1 N–H and O–H groups in total. The molecule has 2 aromatic carbocycles. The lowest BCUT2D eigenvalue weighted by Gasteiger charge is -2.25. The van der Waals surface area contributed by atoms with Crippen molar-refractivity contribution in [2.75, 3.05) is 18.4 Å². The summed E-state index contributed by atoms with van der Waals surface area (Å²) < 4.78 is 33.1. The number of rotatable bonds is 6. The van der Waals surface area contributed by atoms with E-state index < -0.39 is 15.3 Å². The fraction of sp³-hybridized carbons (Fsp3) is 0.364. The molecule has 31 heavy (non-hydrogen) atoms. The largest absolute Gasteiger partial charge is 0.431 e. The SMILES string of the molecule is Cc1ccc(NC(=O)C(C)Sc2nc3cc(S(=O)(=O)N4CCCCC4)ccc3o2)cc1. The molecule has 1 amide bonds. The third-order valence-corrected chi connectivity index (χ3v) is 8.10. The van der Waals surface area contributed by atoms with Crippen molar-refractivity contribution in [3.8, 4) is 0 Å². The molecule has 1 saturated heterocycles. The molecule has 1 aliphatic heterocycles. The number of nitrogens with zero attached hydrogens (tertiary/aromatic N) is 2. The van der Waals surface area contributed by atoms with Crippen LogP contribution in [0, 0.1) is 6.92 Å². The van der Waals surface area contributed by atoms with Crippen LogP contribution in [0.4, 0.5) is 5.69 Å². The van der Waals surface area contributed by atoms with E-state index in [1.165, 1.54) is 16.1 Å². The van der Waals surface area contributed by atoms with E-state index in [0.29, 0.717) is 29.4 Å². The number of anilines is 1. The highest BCUT2D eigenvalue weighted by Crippen LogP contribution is 2.30. The van der Waals surface area contributed by atoms with Crippen LogP contribution in [-0.4, -0.2) is 42.0 Å². The fourth-order valence-corrected chi connectivity index (χ4v) is 5.73. The van der Waals surface area contributed by atoms with Gasteiger partial charge in [-0.15, -0.1) is 0 Å². The fourth-order valence-electron chi connectivity index (χ4n) is 3.44. The molecule has 1 fully saturated rings. The first kappa shape index (κ1) is 21.9. The first-order valence-electron chi connectivity index (χ1n) is 10.3. The van der Waals surface area contributed by atoms with E-state index in [4.69, 9.17) is 4.42 Å².